The molecule has 3 heterocycles. The molecule has 0 fully saturated rings. The number of aromatic nitrogens is 1. The highest BCUT2D eigenvalue weighted by Gasteiger charge is 2.19. The first-order valence-corrected chi connectivity index (χ1v) is 4.11. The monoisotopic (exact) mass is 155 g/mol. The van der Waals surface area contributed by atoms with Gasteiger partial charge in [-0.2, -0.15) is 0 Å². The third-order valence-corrected chi connectivity index (χ3v) is 2.30. The minimum atomic E-state index is 1.06. The molecule has 0 bridgehead atoms. The second-order valence-corrected chi connectivity index (χ2v) is 3.09. The molecule has 1 aromatic rings. The lowest BCUT2D eigenvalue weighted by Crippen LogP contribution is -2.28. The normalized spacial score (nSPS) is 18.3. The summed E-state index contributed by atoms with van der Waals surface area (Å²) in [6, 6.07) is 4.19. The standard InChI is InChI=1S/C9H8BN2/c1-3-8-7-9-4-2-6-12(9)10-11(8)5-1/h1-3,5-7H,4H2. The molecule has 2 aliphatic rings. The molecule has 0 saturated heterocycles. The third kappa shape index (κ3) is 0.707. The zero-order valence-corrected chi connectivity index (χ0v) is 6.64. The highest BCUT2D eigenvalue weighted by Crippen LogP contribution is 2.24. The van der Waals surface area contributed by atoms with Gasteiger partial charge in [-0.25, -0.2) is 0 Å². The second kappa shape index (κ2) is 2.06. The van der Waals surface area contributed by atoms with Crippen LogP contribution in [0.3, 0.4) is 0 Å². The van der Waals surface area contributed by atoms with Gasteiger partial charge in [0.1, 0.15) is 0 Å². The SMILES string of the molecule is [B]1N2C=CCC2=Cc2cccn21. The molecule has 57 valence electrons. The van der Waals surface area contributed by atoms with Gasteiger partial charge in [0.25, 0.3) is 0 Å². The van der Waals surface area contributed by atoms with Crippen LogP contribution in [0.2, 0.25) is 0 Å². The molecule has 2 nitrogen and oxygen atoms in total. The van der Waals surface area contributed by atoms with Gasteiger partial charge in [0.05, 0.1) is 0 Å². The van der Waals surface area contributed by atoms with Crippen molar-refractivity contribution in [2.75, 3.05) is 0 Å². The van der Waals surface area contributed by atoms with Gasteiger partial charge < -0.3 is 9.29 Å². The van der Waals surface area contributed by atoms with Gasteiger partial charge in [0.2, 0.25) is 0 Å². The Labute approximate surface area is 72.1 Å². The maximum absolute atomic E-state index is 2.22. The molecule has 0 saturated carbocycles. The average Bonchev–Trinajstić information content (AvgIpc) is 2.64. The molecular weight excluding hydrogens is 147 g/mol. The highest BCUT2D eigenvalue weighted by molar-refractivity contribution is 6.33. The summed E-state index contributed by atoms with van der Waals surface area (Å²) in [5, 5.41) is 0. The smallest absolute Gasteiger partial charge is 0.378 e. The maximum atomic E-state index is 2.22. The number of hydrogen-bond donors (Lipinski definition) is 0. The predicted octanol–water partition coefficient (Wildman–Crippen LogP) is 1.44. The third-order valence-electron chi connectivity index (χ3n) is 2.30. The zero-order valence-electron chi connectivity index (χ0n) is 6.64. The fraction of sp³-hybridized carbons (Fsp3) is 0.111. The summed E-state index contributed by atoms with van der Waals surface area (Å²) < 4.78 is 2.12. The van der Waals surface area contributed by atoms with Crippen LogP contribution in [0.1, 0.15) is 12.1 Å². The average molecular weight is 155 g/mol. The second-order valence-electron chi connectivity index (χ2n) is 3.09. The first-order valence-electron chi connectivity index (χ1n) is 4.11. The van der Waals surface area contributed by atoms with Gasteiger partial charge in [0.15, 0.2) is 0 Å². The van der Waals surface area contributed by atoms with Gasteiger partial charge in [-0.1, -0.05) is 6.08 Å². The van der Waals surface area contributed by atoms with Gasteiger partial charge >= 0.3 is 7.55 Å². The van der Waals surface area contributed by atoms with E-state index in [1.54, 1.807) is 0 Å². The summed E-state index contributed by atoms with van der Waals surface area (Å²) >= 11 is 0. The summed E-state index contributed by atoms with van der Waals surface area (Å²) in [4.78, 5) is 2.16. The van der Waals surface area contributed by atoms with E-state index in [1.807, 2.05) is 0 Å². The van der Waals surface area contributed by atoms with E-state index in [4.69, 9.17) is 0 Å². The first kappa shape index (κ1) is 6.18. The lowest BCUT2D eigenvalue weighted by atomic mass is 10.0. The van der Waals surface area contributed by atoms with Crippen molar-refractivity contribution in [3.63, 3.8) is 0 Å². The van der Waals surface area contributed by atoms with Gasteiger partial charge in [0, 0.05) is 17.8 Å². The fourth-order valence-electron chi connectivity index (χ4n) is 1.67. The van der Waals surface area contributed by atoms with Crippen LogP contribution in [-0.2, 0) is 0 Å². The molecule has 2 aliphatic heterocycles. The van der Waals surface area contributed by atoms with Crippen LogP contribution < -0.4 is 0 Å². The lowest BCUT2D eigenvalue weighted by Gasteiger charge is -2.23. The molecule has 0 aliphatic carbocycles. The van der Waals surface area contributed by atoms with E-state index in [9.17, 15) is 0 Å². The minimum absolute atomic E-state index is 1.06. The molecule has 0 unspecified atom stereocenters. The molecule has 3 heteroatoms. The van der Waals surface area contributed by atoms with Crippen LogP contribution >= 0.6 is 0 Å². The number of hydrogen-bond acceptors (Lipinski definition) is 1. The molecule has 3 rings (SSSR count). The topological polar surface area (TPSA) is 8.17 Å². The van der Waals surface area contributed by atoms with Crippen LogP contribution in [0, 0.1) is 0 Å². The van der Waals surface area contributed by atoms with Crippen LogP contribution in [0.4, 0.5) is 0 Å². The summed E-state index contributed by atoms with van der Waals surface area (Å²) in [5.74, 6) is 0. The van der Waals surface area contributed by atoms with E-state index in [0.717, 1.165) is 6.42 Å². The Morgan fingerprint density at radius 3 is 3.42 bits per heavy atom. The number of nitrogens with zero attached hydrogens (tertiary/aromatic N) is 2. The maximum Gasteiger partial charge on any atom is 0.400 e. The minimum Gasteiger partial charge on any atom is -0.378 e. The van der Waals surface area contributed by atoms with Gasteiger partial charge in [-0.05, 0) is 30.6 Å². The molecule has 1 radical (unpaired) electrons. The van der Waals surface area contributed by atoms with Crippen molar-refractivity contribution in [2.24, 2.45) is 0 Å². The van der Waals surface area contributed by atoms with Crippen LogP contribution in [0.15, 0.2) is 36.3 Å². The van der Waals surface area contributed by atoms with E-state index < -0.39 is 0 Å². The Morgan fingerprint density at radius 2 is 2.42 bits per heavy atom. The van der Waals surface area contributed by atoms with Crippen molar-refractivity contribution in [3.8, 4) is 0 Å². The quantitative estimate of drug-likeness (QED) is 0.514. The highest BCUT2D eigenvalue weighted by atomic mass is 15.2. The lowest BCUT2D eigenvalue weighted by molar-refractivity contribution is 0.724. The van der Waals surface area contributed by atoms with E-state index in [2.05, 4.69) is 53.5 Å². The van der Waals surface area contributed by atoms with Crippen molar-refractivity contribution >= 4 is 13.6 Å². The van der Waals surface area contributed by atoms with E-state index >= 15 is 0 Å². The fourth-order valence-corrected chi connectivity index (χ4v) is 1.67. The molecule has 0 aromatic carbocycles. The van der Waals surface area contributed by atoms with Crippen LogP contribution in [-0.4, -0.2) is 16.8 Å². The predicted molar refractivity (Wildman–Crippen MR) is 49.2 cm³/mol. The summed E-state index contributed by atoms with van der Waals surface area (Å²) in [6.07, 6.45) is 9.62. The van der Waals surface area contributed by atoms with Crippen molar-refractivity contribution in [3.05, 3.63) is 42.0 Å². The first-order chi connectivity index (χ1) is 5.93. The molecule has 12 heavy (non-hydrogen) atoms. The van der Waals surface area contributed by atoms with Crippen molar-refractivity contribution in [1.82, 2.24) is 9.29 Å². The van der Waals surface area contributed by atoms with Crippen molar-refractivity contribution in [1.29, 1.82) is 0 Å². The summed E-state index contributed by atoms with van der Waals surface area (Å²) in [6.45, 7) is 0. The van der Waals surface area contributed by atoms with Crippen LogP contribution in [0.5, 0.6) is 0 Å². The van der Waals surface area contributed by atoms with Crippen molar-refractivity contribution in [2.45, 2.75) is 6.42 Å². The Morgan fingerprint density at radius 1 is 1.42 bits per heavy atom. The van der Waals surface area contributed by atoms with Gasteiger partial charge in [-0.3, -0.25) is 0 Å². The molecule has 1 aromatic heterocycles. The summed E-state index contributed by atoms with van der Waals surface area (Å²) in [7, 11) is 2.11. The number of fused-ring (bicyclic) bond motifs is 2. The number of allylic oxidation sites excluding steroid dienone is 1. The van der Waals surface area contributed by atoms with Crippen molar-refractivity contribution < 1.29 is 0 Å². The summed E-state index contributed by atoms with van der Waals surface area (Å²) in [5.41, 5.74) is 2.63. The largest absolute Gasteiger partial charge is 0.400 e. The molecule has 0 spiro atoms. The Bertz CT molecular complexity index is 376. The van der Waals surface area contributed by atoms with Crippen LogP contribution in [0.25, 0.3) is 6.08 Å². The van der Waals surface area contributed by atoms with E-state index in [-0.39, 0.29) is 0 Å². The van der Waals surface area contributed by atoms with E-state index in [1.165, 1.54) is 11.4 Å². The molecular formula is C9H8BN2. The Kier molecular flexibility index (Phi) is 1.06. The Hall–Kier alpha value is -1.38. The molecule has 0 N–H and O–H groups in total. The molecule has 0 atom stereocenters. The molecule has 0 amide bonds. The number of rotatable bonds is 0. The zero-order chi connectivity index (χ0) is 7.97. The van der Waals surface area contributed by atoms with Gasteiger partial charge in [-0.15, -0.1) is 0 Å². The Balaban J connectivity index is 2.13. The van der Waals surface area contributed by atoms with E-state index in [0.29, 0.717) is 0 Å².